The monoisotopic (exact) mass is 481 g/mol. The second-order valence-corrected chi connectivity index (χ2v) is 9.31. The number of benzene rings is 2. The van der Waals surface area contributed by atoms with Gasteiger partial charge in [0.25, 0.3) is 11.7 Å². The summed E-state index contributed by atoms with van der Waals surface area (Å²) in [4.78, 5) is 35.5. The first kappa shape index (κ1) is 23.4. The van der Waals surface area contributed by atoms with Crippen LogP contribution in [0.4, 0.5) is 0 Å². The smallest absolute Gasteiger partial charge is 0.295 e. The Balaban J connectivity index is 1.60. The number of fused-ring (bicyclic) bond motifs is 1. The highest BCUT2D eigenvalue weighted by atomic mass is 16.5. The molecule has 2 aromatic heterocycles. The number of nitrogens with one attached hydrogen (secondary N) is 1. The lowest BCUT2D eigenvalue weighted by molar-refractivity contribution is -0.140. The van der Waals surface area contributed by atoms with Crippen molar-refractivity contribution in [1.82, 2.24) is 14.9 Å². The zero-order valence-electron chi connectivity index (χ0n) is 20.1. The molecule has 1 unspecified atom stereocenters. The maximum Gasteiger partial charge on any atom is 0.295 e. The van der Waals surface area contributed by atoms with Gasteiger partial charge in [-0.15, -0.1) is 0 Å². The first-order chi connectivity index (χ1) is 17.4. The average molecular weight is 482 g/mol. The molecule has 3 heterocycles. The number of Topliss-reactive ketones (excluding diaryl/α,β-unsaturated/α-hetero) is 1. The normalized spacial score (nSPS) is 17.3. The summed E-state index contributed by atoms with van der Waals surface area (Å²) < 4.78 is 5.74. The molecule has 1 fully saturated rings. The summed E-state index contributed by atoms with van der Waals surface area (Å²) in [5.74, 6) is -0.539. The van der Waals surface area contributed by atoms with Crippen LogP contribution in [-0.4, -0.2) is 38.3 Å². The average Bonchev–Trinajstić information content (AvgIpc) is 3.42. The van der Waals surface area contributed by atoms with Crippen LogP contribution < -0.4 is 4.74 Å². The summed E-state index contributed by atoms with van der Waals surface area (Å²) in [6.45, 7) is 4.89. The minimum atomic E-state index is -0.766. The van der Waals surface area contributed by atoms with Gasteiger partial charge in [0.05, 0.1) is 18.2 Å². The zero-order valence-corrected chi connectivity index (χ0v) is 20.1. The summed E-state index contributed by atoms with van der Waals surface area (Å²) >= 11 is 0. The van der Waals surface area contributed by atoms with Crippen LogP contribution >= 0.6 is 0 Å². The van der Waals surface area contributed by atoms with E-state index in [1.807, 2.05) is 30.3 Å². The number of carbonyl (C=O) groups excluding carboxylic acids is 2. The Bertz CT molecular complexity index is 1440. The van der Waals surface area contributed by atoms with E-state index in [0.29, 0.717) is 23.8 Å². The quantitative estimate of drug-likeness (QED) is 0.214. The maximum atomic E-state index is 13.3. The van der Waals surface area contributed by atoms with Gasteiger partial charge in [-0.2, -0.15) is 0 Å². The number of likely N-dealkylation sites (tertiary alicyclic amines) is 1. The summed E-state index contributed by atoms with van der Waals surface area (Å²) in [5.41, 5.74) is 2.91. The third-order valence-electron chi connectivity index (χ3n) is 6.24. The van der Waals surface area contributed by atoms with Crippen LogP contribution in [0.5, 0.6) is 5.75 Å². The second kappa shape index (κ2) is 9.70. The Morgan fingerprint density at radius 1 is 1.08 bits per heavy atom. The van der Waals surface area contributed by atoms with E-state index in [0.717, 1.165) is 22.0 Å². The van der Waals surface area contributed by atoms with Crippen LogP contribution in [-0.2, 0) is 16.1 Å². The minimum Gasteiger partial charge on any atom is -0.507 e. The van der Waals surface area contributed by atoms with Crippen LogP contribution in [0.15, 0.2) is 84.8 Å². The molecule has 5 rings (SSSR count). The third kappa shape index (κ3) is 4.35. The van der Waals surface area contributed by atoms with E-state index in [4.69, 9.17) is 4.74 Å². The van der Waals surface area contributed by atoms with Crippen LogP contribution in [0, 0.1) is 5.92 Å². The van der Waals surface area contributed by atoms with Crippen molar-refractivity contribution in [3.05, 3.63) is 102 Å². The number of hydrogen-bond acceptors (Lipinski definition) is 5. The fraction of sp³-hybridized carbons (Fsp3) is 0.207. The van der Waals surface area contributed by atoms with Crippen LogP contribution in [0.25, 0.3) is 16.7 Å². The number of nitrogens with zero attached hydrogens (tertiary/aromatic N) is 2. The number of ether oxygens (including phenoxy) is 1. The molecule has 0 aliphatic carbocycles. The SMILES string of the molecule is CC(C)COc1ccc(/C(O)=C2\C(=O)C(=O)N(Cc3cccnc3)C2c2c[nH]c3ccccc23)cc1. The predicted octanol–water partition coefficient (Wildman–Crippen LogP) is 5.22. The third-order valence-corrected chi connectivity index (χ3v) is 6.24. The molecule has 2 aromatic carbocycles. The number of aliphatic hydroxyl groups excluding tert-OH is 1. The summed E-state index contributed by atoms with van der Waals surface area (Å²) in [6, 6.07) is 17.5. The fourth-order valence-corrected chi connectivity index (χ4v) is 4.50. The number of aromatic amines is 1. The molecule has 1 amide bonds. The van der Waals surface area contributed by atoms with E-state index < -0.39 is 17.7 Å². The molecule has 1 aliphatic heterocycles. The van der Waals surface area contributed by atoms with Gasteiger partial charge in [0.1, 0.15) is 11.5 Å². The van der Waals surface area contributed by atoms with Crippen molar-refractivity contribution in [2.45, 2.75) is 26.4 Å². The number of ketones is 1. The van der Waals surface area contributed by atoms with Gasteiger partial charge in [0.2, 0.25) is 0 Å². The Labute approximate surface area is 209 Å². The number of aliphatic hydroxyl groups is 1. The Morgan fingerprint density at radius 3 is 2.58 bits per heavy atom. The second-order valence-electron chi connectivity index (χ2n) is 9.31. The van der Waals surface area contributed by atoms with Crippen molar-refractivity contribution in [3.8, 4) is 5.75 Å². The van der Waals surface area contributed by atoms with E-state index in [1.165, 1.54) is 4.90 Å². The van der Waals surface area contributed by atoms with E-state index in [2.05, 4.69) is 23.8 Å². The number of amides is 1. The van der Waals surface area contributed by atoms with Crippen molar-refractivity contribution in [1.29, 1.82) is 0 Å². The molecule has 182 valence electrons. The highest BCUT2D eigenvalue weighted by molar-refractivity contribution is 6.46. The molecule has 1 atom stereocenters. The number of pyridine rings is 1. The number of rotatable bonds is 7. The van der Waals surface area contributed by atoms with Gasteiger partial charge in [0.15, 0.2) is 0 Å². The molecule has 7 heteroatoms. The van der Waals surface area contributed by atoms with E-state index >= 15 is 0 Å². The van der Waals surface area contributed by atoms with Crippen LogP contribution in [0.1, 0.15) is 36.6 Å². The Kier molecular flexibility index (Phi) is 6.29. The Hall–Kier alpha value is -4.39. The number of H-pyrrole nitrogens is 1. The van der Waals surface area contributed by atoms with Crippen molar-refractivity contribution >= 4 is 28.4 Å². The van der Waals surface area contributed by atoms with Crippen molar-refractivity contribution in [3.63, 3.8) is 0 Å². The lowest BCUT2D eigenvalue weighted by Gasteiger charge is -2.25. The number of aromatic nitrogens is 2. The van der Waals surface area contributed by atoms with Gasteiger partial charge in [-0.3, -0.25) is 14.6 Å². The lowest BCUT2D eigenvalue weighted by Crippen LogP contribution is -2.29. The molecule has 36 heavy (non-hydrogen) atoms. The summed E-state index contributed by atoms with van der Waals surface area (Å²) in [5, 5.41) is 12.2. The molecular weight excluding hydrogens is 454 g/mol. The van der Waals surface area contributed by atoms with Crippen LogP contribution in [0.2, 0.25) is 0 Å². The van der Waals surface area contributed by atoms with Crippen molar-refractivity contribution < 1.29 is 19.4 Å². The number of para-hydroxylation sites is 1. The molecule has 4 aromatic rings. The molecule has 7 nitrogen and oxygen atoms in total. The van der Waals surface area contributed by atoms with E-state index in [1.54, 1.807) is 48.9 Å². The summed E-state index contributed by atoms with van der Waals surface area (Å²) in [7, 11) is 0. The van der Waals surface area contributed by atoms with E-state index in [-0.39, 0.29) is 17.9 Å². The van der Waals surface area contributed by atoms with E-state index in [9.17, 15) is 14.7 Å². The molecule has 2 N–H and O–H groups in total. The van der Waals surface area contributed by atoms with Crippen LogP contribution in [0.3, 0.4) is 0 Å². The highest BCUT2D eigenvalue weighted by Crippen LogP contribution is 2.42. The topological polar surface area (TPSA) is 95.5 Å². The summed E-state index contributed by atoms with van der Waals surface area (Å²) in [6.07, 6.45) is 5.12. The minimum absolute atomic E-state index is 0.0597. The molecule has 0 saturated carbocycles. The zero-order chi connectivity index (χ0) is 25.2. The number of carbonyl (C=O) groups is 2. The first-order valence-electron chi connectivity index (χ1n) is 11.9. The van der Waals surface area contributed by atoms with Crippen molar-refractivity contribution in [2.24, 2.45) is 5.92 Å². The standard InChI is InChI=1S/C29H27N3O4/c1-18(2)17-36-21-11-9-20(10-12-21)27(33)25-26(23-15-31-24-8-4-3-7-22(23)24)32(29(35)28(25)34)16-19-6-5-13-30-14-19/h3-15,18,26,31,33H,16-17H2,1-2H3/b27-25+. The van der Waals surface area contributed by atoms with Gasteiger partial charge in [-0.05, 0) is 47.9 Å². The molecule has 0 radical (unpaired) electrons. The first-order valence-corrected chi connectivity index (χ1v) is 11.9. The molecule has 1 saturated heterocycles. The van der Waals surface area contributed by atoms with Crippen molar-refractivity contribution in [2.75, 3.05) is 6.61 Å². The van der Waals surface area contributed by atoms with Gasteiger partial charge in [-0.25, -0.2) is 0 Å². The molecule has 1 aliphatic rings. The molecule has 0 spiro atoms. The predicted molar refractivity (Wildman–Crippen MR) is 137 cm³/mol. The van der Waals surface area contributed by atoms with Gasteiger partial charge < -0.3 is 19.7 Å². The highest BCUT2D eigenvalue weighted by Gasteiger charge is 2.46. The Morgan fingerprint density at radius 2 is 1.86 bits per heavy atom. The lowest BCUT2D eigenvalue weighted by atomic mass is 9.95. The maximum absolute atomic E-state index is 13.3. The van der Waals surface area contributed by atoms with Gasteiger partial charge in [-0.1, -0.05) is 38.1 Å². The fourth-order valence-electron chi connectivity index (χ4n) is 4.50. The molecule has 0 bridgehead atoms. The largest absolute Gasteiger partial charge is 0.507 e. The van der Waals surface area contributed by atoms with Gasteiger partial charge in [0, 0.05) is 47.2 Å². The molecular formula is C29H27N3O4. The number of hydrogen-bond donors (Lipinski definition) is 2. The van der Waals surface area contributed by atoms with Gasteiger partial charge >= 0.3 is 0 Å².